The quantitative estimate of drug-likeness (QED) is 0.771. The number of anilines is 1. The van der Waals surface area contributed by atoms with Crippen LogP contribution >= 0.6 is 22.7 Å². The van der Waals surface area contributed by atoms with Gasteiger partial charge in [0.1, 0.15) is 5.69 Å². The highest BCUT2D eigenvalue weighted by molar-refractivity contribution is 7.22. The highest BCUT2D eigenvalue weighted by Crippen LogP contribution is 2.25. The number of hydrogen-bond donors (Lipinski definition) is 1. The molecule has 0 aliphatic carbocycles. The van der Waals surface area contributed by atoms with E-state index in [1.54, 1.807) is 10.9 Å². The summed E-state index contributed by atoms with van der Waals surface area (Å²) in [6.07, 6.45) is 0. The minimum absolute atomic E-state index is 0.217. The Bertz CT molecular complexity index is 627. The molecule has 3 rings (SSSR count). The second kappa shape index (κ2) is 4.23. The van der Waals surface area contributed by atoms with Crippen LogP contribution in [0.4, 0.5) is 5.13 Å². The Labute approximate surface area is 105 Å². The Hall–Kier alpha value is -1.79. The lowest BCUT2D eigenvalue weighted by atomic mass is 10.3. The lowest BCUT2D eigenvalue weighted by molar-refractivity contribution is 0.102. The van der Waals surface area contributed by atoms with Crippen molar-refractivity contribution in [3.63, 3.8) is 0 Å². The summed E-state index contributed by atoms with van der Waals surface area (Å²) in [5.41, 5.74) is 2.95. The summed E-state index contributed by atoms with van der Waals surface area (Å²) in [5.74, 6) is -0.217. The first kappa shape index (κ1) is 10.4. The normalized spacial score (nSPS) is 10.6. The predicted octanol–water partition coefficient (Wildman–Crippen LogP) is 3.01. The number of benzene rings is 1. The summed E-state index contributed by atoms with van der Waals surface area (Å²) in [6.45, 7) is 0. The average Bonchev–Trinajstić information content (AvgIpc) is 2.97. The number of nitrogens with one attached hydrogen (secondary N) is 1. The molecule has 2 aromatic heterocycles. The monoisotopic (exact) mass is 261 g/mol. The highest BCUT2D eigenvalue weighted by atomic mass is 32.1. The van der Waals surface area contributed by atoms with Crippen LogP contribution in [0.5, 0.6) is 0 Å². The number of fused-ring (bicyclic) bond motifs is 1. The van der Waals surface area contributed by atoms with Crippen molar-refractivity contribution in [2.45, 2.75) is 0 Å². The third-order valence-electron chi connectivity index (χ3n) is 2.18. The summed E-state index contributed by atoms with van der Waals surface area (Å²) in [6, 6.07) is 7.77. The van der Waals surface area contributed by atoms with Crippen molar-refractivity contribution in [1.82, 2.24) is 9.97 Å². The minimum Gasteiger partial charge on any atom is -0.296 e. The number of para-hydroxylation sites is 1. The van der Waals surface area contributed by atoms with Gasteiger partial charge in [-0.25, -0.2) is 9.97 Å². The van der Waals surface area contributed by atoms with E-state index < -0.39 is 0 Å². The Morgan fingerprint density at radius 2 is 2.18 bits per heavy atom. The fourth-order valence-corrected chi connectivity index (χ4v) is 2.80. The first-order chi connectivity index (χ1) is 8.33. The summed E-state index contributed by atoms with van der Waals surface area (Å²) >= 11 is 2.85. The number of rotatable bonds is 2. The summed E-state index contributed by atoms with van der Waals surface area (Å²) in [5, 5.41) is 5.06. The smallest absolute Gasteiger partial charge is 0.276 e. The van der Waals surface area contributed by atoms with E-state index in [0.717, 1.165) is 10.2 Å². The summed E-state index contributed by atoms with van der Waals surface area (Å²) in [7, 11) is 0. The van der Waals surface area contributed by atoms with Crippen molar-refractivity contribution in [2.75, 3.05) is 5.32 Å². The van der Waals surface area contributed by atoms with Gasteiger partial charge in [0.05, 0.1) is 15.7 Å². The predicted molar refractivity (Wildman–Crippen MR) is 69.7 cm³/mol. The number of carbonyl (C=O) groups excluding carboxylic acids is 1. The van der Waals surface area contributed by atoms with Gasteiger partial charge < -0.3 is 0 Å². The van der Waals surface area contributed by atoms with Crippen LogP contribution in [-0.2, 0) is 0 Å². The Balaban J connectivity index is 1.88. The van der Waals surface area contributed by atoms with Crippen LogP contribution in [0, 0.1) is 0 Å². The number of nitrogens with zero attached hydrogens (tertiary/aromatic N) is 2. The zero-order valence-corrected chi connectivity index (χ0v) is 10.2. The largest absolute Gasteiger partial charge is 0.296 e. The third kappa shape index (κ3) is 2.04. The molecule has 84 valence electrons. The van der Waals surface area contributed by atoms with E-state index in [1.807, 2.05) is 24.3 Å². The number of amides is 1. The molecular formula is C11H7N3OS2. The minimum atomic E-state index is -0.217. The first-order valence-corrected chi connectivity index (χ1v) is 6.64. The van der Waals surface area contributed by atoms with Gasteiger partial charge in [0.25, 0.3) is 5.91 Å². The van der Waals surface area contributed by atoms with Gasteiger partial charge in [0.15, 0.2) is 5.13 Å². The van der Waals surface area contributed by atoms with Gasteiger partial charge in [-0.1, -0.05) is 23.5 Å². The molecule has 1 N–H and O–H groups in total. The maximum Gasteiger partial charge on any atom is 0.276 e. The molecule has 0 radical (unpaired) electrons. The standard InChI is InChI=1S/C11H7N3OS2/c15-10(8-5-16-6-12-8)14-11-13-7-3-1-2-4-9(7)17-11/h1-6H,(H,13,14,15). The molecule has 0 bridgehead atoms. The van der Waals surface area contributed by atoms with Crippen molar-refractivity contribution in [1.29, 1.82) is 0 Å². The van der Waals surface area contributed by atoms with Gasteiger partial charge in [0.2, 0.25) is 0 Å². The fourth-order valence-electron chi connectivity index (χ4n) is 1.41. The second-order valence-corrected chi connectivity index (χ2v) is 5.06. The molecule has 0 spiro atoms. The highest BCUT2D eigenvalue weighted by Gasteiger charge is 2.10. The lowest BCUT2D eigenvalue weighted by Crippen LogP contribution is -2.11. The molecule has 2 heterocycles. The third-order valence-corrected chi connectivity index (χ3v) is 3.72. The zero-order chi connectivity index (χ0) is 11.7. The molecule has 17 heavy (non-hydrogen) atoms. The molecule has 0 aliphatic heterocycles. The Morgan fingerprint density at radius 1 is 1.29 bits per heavy atom. The van der Waals surface area contributed by atoms with Gasteiger partial charge in [-0.3, -0.25) is 10.1 Å². The van der Waals surface area contributed by atoms with E-state index in [4.69, 9.17) is 0 Å². The molecule has 6 heteroatoms. The van der Waals surface area contributed by atoms with Crippen LogP contribution in [-0.4, -0.2) is 15.9 Å². The van der Waals surface area contributed by atoms with Crippen molar-refractivity contribution < 1.29 is 4.79 Å². The molecular weight excluding hydrogens is 254 g/mol. The van der Waals surface area contributed by atoms with Gasteiger partial charge in [-0.15, -0.1) is 11.3 Å². The lowest BCUT2D eigenvalue weighted by Gasteiger charge is -1.96. The van der Waals surface area contributed by atoms with Crippen LogP contribution in [0.3, 0.4) is 0 Å². The SMILES string of the molecule is O=C(Nc1nc2ccccc2s1)c1cscn1. The maximum atomic E-state index is 11.8. The molecule has 0 saturated heterocycles. The van der Waals surface area contributed by atoms with E-state index in [-0.39, 0.29) is 5.91 Å². The van der Waals surface area contributed by atoms with Crippen molar-refractivity contribution in [3.8, 4) is 0 Å². The van der Waals surface area contributed by atoms with Gasteiger partial charge in [0, 0.05) is 5.38 Å². The van der Waals surface area contributed by atoms with Gasteiger partial charge >= 0.3 is 0 Å². The number of thiazole rings is 2. The summed E-state index contributed by atoms with van der Waals surface area (Å²) < 4.78 is 1.06. The number of carbonyl (C=O) groups is 1. The molecule has 0 fully saturated rings. The van der Waals surface area contributed by atoms with E-state index in [2.05, 4.69) is 15.3 Å². The second-order valence-electron chi connectivity index (χ2n) is 3.31. The maximum absolute atomic E-state index is 11.8. The molecule has 0 aliphatic rings. The molecule has 1 amide bonds. The van der Waals surface area contributed by atoms with Crippen LogP contribution < -0.4 is 5.32 Å². The number of hydrogen-bond acceptors (Lipinski definition) is 5. The number of aromatic nitrogens is 2. The van der Waals surface area contributed by atoms with Crippen molar-refractivity contribution >= 4 is 43.9 Å². The summed E-state index contributed by atoms with van der Waals surface area (Å²) in [4.78, 5) is 20.0. The average molecular weight is 261 g/mol. The van der Waals surface area contributed by atoms with Gasteiger partial charge in [-0.05, 0) is 12.1 Å². The fraction of sp³-hybridized carbons (Fsp3) is 0. The topological polar surface area (TPSA) is 54.9 Å². The van der Waals surface area contributed by atoms with Crippen molar-refractivity contribution in [3.05, 3.63) is 40.8 Å². The van der Waals surface area contributed by atoms with Crippen LogP contribution in [0.15, 0.2) is 35.2 Å². The van der Waals surface area contributed by atoms with Crippen molar-refractivity contribution in [2.24, 2.45) is 0 Å². The van der Waals surface area contributed by atoms with Gasteiger partial charge in [-0.2, -0.15) is 0 Å². The van der Waals surface area contributed by atoms with E-state index in [9.17, 15) is 4.79 Å². The van der Waals surface area contributed by atoms with Crippen LogP contribution in [0.25, 0.3) is 10.2 Å². The van der Waals surface area contributed by atoms with E-state index in [1.165, 1.54) is 22.7 Å². The van der Waals surface area contributed by atoms with E-state index in [0.29, 0.717) is 10.8 Å². The molecule has 0 saturated carbocycles. The Morgan fingerprint density at radius 3 is 2.94 bits per heavy atom. The molecule has 1 aromatic carbocycles. The van der Waals surface area contributed by atoms with Crippen LogP contribution in [0.2, 0.25) is 0 Å². The molecule has 3 aromatic rings. The first-order valence-electron chi connectivity index (χ1n) is 4.88. The molecule has 4 nitrogen and oxygen atoms in total. The zero-order valence-electron chi connectivity index (χ0n) is 8.58. The molecule has 0 unspecified atom stereocenters. The van der Waals surface area contributed by atoms with E-state index >= 15 is 0 Å². The Kier molecular flexibility index (Phi) is 2.58. The molecule has 0 atom stereocenters. The van der Waals surface area contributed by atoms with Crippen LogP contribution in [0.1, 0.15) is 10.5 Å².